The summed E-state index contributed by atoms with van der Waals surface area (Å²) in [7, 11) is -1.63. The average molecular weight is 491 g/mol. The van der Waals surface area contributed by atoms with Crippen LogP contribution in [0.5, 0.6) is 5.75 Å². The summed E-state index contributed by atoms with van der Waals surface area (Å²) in [6, 6.07) is 27.8. The molecule has 5 nitrogen and oxygen atoms in total. The van der Waals surface area contributed by atoms with Crippen LogP contribution in [0, 0.1) is 0 Å². The third kappa shape index (κ3) is 5.15. The van der Waals surface area contributed by atoms with Gasteiger partial charge in [-0.1, -0.05) is 60.7 Å². The molecule has 3 aromatic rings. The van der Waals surface area contributed by atoms with E-state index in [4.69, 9.17) is 4.74 Å². The minimum Gasteiger partial charge on any atom is -0.496 e. The van der Waals surface area contributed by atoms with Gasteiger partial charge in [0.1, 0.15) is 5.75 Å². The van der Waals surface area contributed by atoms with Crippen molar-refractivity contribution in [3.05, 3.63) is 95.6 Å². The number of methoxy groups -OCH3 is 1. The molecule has 2 fully saturated rings. The fourth-order valence-electron chi connectivity index (χ4n) is 5.97. The summed E-state index contributed by atoms with van der Waals surface area (Å²) in [4.78, 5) is 5.57. The van der Waals surface area contributed by atoms with Crippen molar-refractivity contribution in [2.75, 3.05) is 33.0 Å². The SMILES string of the molecule is COc1ccc(S(C)(=O)=O)cc1CN1C[C@@H]2CCCN2[C@H](C(c2ccccc2)c2ccccc2)C1. The van der Waals surface area contributed by atoms with Crippen molar-refractivity contribution in [3.8, 4) is 5.75 Å². The lowest BCUT2D eigenvalue weighted by atomic mass is 9.82. The summed E-state index contributed by atoms with van der Waals surface area (Å²) in [5, 5.41) is 0. The van der Waals surface area contributed by atoms with Crippen molar-refractivity contribution >= 4 is 9.84 Å². The van der Waals surface area contributed by atoms with Crippen LogP contribution in [-0.2, 0) is 16.4 Å². The Morgan fingerprint density at radius 3 is 2.20 bits per heavy atom. The molecular formula is C29H34N2O3S. The zero-order chi connectivity index (χ0) is 24.4. The molecule has 0 bridgehead atoms. The first-order valence-corrected chi connectivity index (χ1v) is 14.3. The summed E-state index contributed by atoms with van der Waals surface area (Å²) in [6.07, 6.45) is 3.68. The van der Waals surface area contributed by atoms with E-state index < -0.39 is 9.84 Å². The highest BCUT2D eigenvalue weighted by Crippen LogP contribution is 2.38. The van der Waals surface area contributed by atoms with Gasteiger partial charge in [-0.2, -0.15) is 0 Å². The van der Waals surface area contributed by atoms with Gasteiger partial charge in [0.05, 0.1) is 12.0 Å². The van der Waals surface area contributed by atoms with Crippen LogP contribution in [0.25, 0.3) is 0 Å². The quantitative estimate of drug-likeness (QED) is 0.485. The third-order valence-electron chi connectivity index (χ3n) is 7.54. The number of ether oxygens (including phenoxy) is 1. The van der Waals surface area contributed by atoms with Crippen molar-refractivity contribution in [2.24, 2.45) is 0 Å². The first-order valence-electron chi connectivity index (χ1n) is 12.4. The Balaban J connectivity index is 1.50. The predicted molar refractivity (Wildman–Crippen MR) is 140 cm³/mol. The zero-order valence-corrected chi connectivity index (χ0v) is 21.3. The standard InChI is InChI=1S/C29H34N2O3S/c1-34-28-16-15-26(35(2,32)33)18-24(28)19-30-20-25-14-9-17-31(25)27(21-30)29(22-10-5-3-6-11-22)23-12-7-4-8-13-23/h3-8,10-13,15-16,18,25,27,29H,9,14,17,19-21H2,1-2H3/t25-,27-/m0/s1. The van der Waals surface area contributed by atoms with Gasteiger partial charge in [-0.3, -0.25) is 9.80 Å². The minimum absolute atomic E-state index is 0.269. The second-order valence-electron chi connectivity index (χ2n) is 9.84. The molecule has 0 aromatic heterocycles. The lowest BCUT2D eigenvalue weighted by Gasteiger charge is -2.47. The Labute approximate surface area is 209 Å². The van der Waals surface area contributed by atoms with Gasteiger partial charge >= 0.3 is 0 Å². The summed E-state index contributed by atoms with van der Waals surface area (Å²) in [5.41, 5.74) is 3.61. The van der Waals surface area contributed by atoms with E-state index in [1.807, 2.05) is 0 Å². The van der Waals surface area contributed by atoms with Gasteiger partial charge in [0.15, 0.2) is 9.84 Å². The number of benzene rings is 3. The molecule has 0 amide bonds. The molecule has 2 saturated heterocycles. The molecular weight excluding hydrogens is 456 g/mol. The number of fused-ring (bicyclic) bond motifs is 1. The van der Waals surface area contributed by atoms with E-state index in [0.717, 1.165) is 30.9 Å². The van der Waals surface area contributed by atoms with Crippen LogP contribution in [0.3, 0.4) is 0 Å². The monoisotopic (exact) mass is 490 g/mol. The molecule has 2 heterocycles. The normalized spacial score (nSPS) is 21.2. The smallest absolute Gasteiger partial charge is 0.175 e. The second kappa shape index (κ2) is 10.1. The first kappa shape index (κ1) is 24.0. The maximum absolute atomic E-state index is 12.2. The van der Waals surface area contributed by atoms with Crippen molar-refractivity contribution in [1.29, 1.82) is 0 Å². The molecule has 3 aromatic carbocycles. The molecule has 0 saturated carbocycles. The van der Waals surface area contributed by atoms with Crippen LogP contribution < -0.4 is 4.74 Å². The van der Waals surface area contributed by atoms with Crippen LogP contribution in [0.4, 0.5) is 0 Å². The van der Waals surface area contributed by atoms with E-state index in [2.05, 4.69) is 70.5 Å². The third-order valence-corrected chi connectivity index (χ3v) is 8.65. The number of sulfone groups is 1. The maximum Gasteiger partial charge on any atom is 0.175 e. The predicted octanol–water partition coefficient (Wildman–Crippen LogP) is 4.58. The van der Waals surface area contributed by atoms with Gasteiger partial charge in [0.2, 0.25) is 0 Å². The Morgan fingerprint density at radius 1 is 0.943 bits per heavy atom. The van der Waals surface area contributed by atoms with Crippen LogP contribution >= 0.6 is 0 Å². The Kier molecular flexibility index (Phi) is 6.96. The summed E-state index contributed by atoms with van der Waals surface area (Å²) < 4.78 is 30.1. The number of nitrogens with zero attached hydrogens (tertiary/aromatic N) is 2. The van der Waals surface area contributed by atoms with Crippen molar-refractivity contribution in [1.82, 2.24) is 9.80 Å². The van der Waals surface area contributed by atoms with Crippen molar-refractivity contribution < 1.29 is 13.2 Å². The zero-order valence-electron chi connectivity index (χ0n) is 20.5. The molecule has 6 heteroatoms. The van der Waals surface area contributed by atoms with E-state index in [9.17, 15) is 8.42 Å². The molecule has 2 atom stereocenters. The molecule has 35 heavy (non-hydrogen) atoms. The molecule has 0 unspecified atom stereocenters. The van der Waals surface area contributed by atoms with E-state index >= 15 is 0 Å². The molecule has 5 rings (SSSR count). The number of hydrogen-bond donors (Lipinski definition) is 0. The Bertz CT molecular complexity index is 1210. The lowest BCUT2D eigenvalue weighted by Crippen LogP contribution is -2.57. The van der Waals surface area contributed by atoms with Gasteiger partial charge < -0.3 is 4.74 Å². The van der Waals surface area contributed by atoms with Gasteiger partial charge in [-0.25, -0.2) is 8.42 Å². The fraction of sp³-hybridized carbons (Fsp3) is 0.379. The number of piperazine rings is 1. The highest BCUT2D eigenvalue weighted by molar-refractivity contribution is 7.90. The van der Waals surface area contributed by atoms with Crippen LogP contribution in [-0.4, -0.2) is 63.3 Å². The van der Waals surface area contributed by atoms with E-state index in [1.165, 1.54) is 30.2 Å². The van der Waals surface area contributed by atoms with Crippen molar-refractivity contribution in [2.45, 2.75) is 42.3 Å². The Hall–Kier alpha value is -2.67. The van der Waals surface area contributed by atoms with Gasteiger partial charge in [0.25, 0.3) is 0 Å². The highest BCUT2D eigenvalue weighted by atomic mass is 32.2. The van der Waals surface area contributed by atoms with E-state index in [0.29, 0.717) is 23.5 Å². The molecule has 0 aliphatic carbocycles. The molecule has 0 N–H and O–H groups in total. The molecule has 2 aliphatic rings. The number of rotatable bonds is 7. The largest absolute Gasteiger partial charge is 0.496 e. The second-order valence-corrected chi connectivity index (χ2v) is 11.9. The summed E-state index contributed by atoms with van der Waals surface area (Å²) >= 11 is 0. The minimum atomic E-state index is -3.28. The van der Waals surface area contributed by atoms with Crippen LogP contribution in [0.15, 0.2) is 83.8 Å². The van der Waals surface area contributed by atoms with Gasteiger partial charge in [-0.05, 0) is 48.7 Å². The molecule has 0 spiro atoms. The average Bonchev–Trinajstić information content (AvgIpc) is 3.34. The van der Waals surface area contributed by atoms with Crippen molar-refractivity contribution in [3.63, 3.8) is 0 Å². The van der Waals surface area contributed by atoms with E-state index in [-0.39, 0.29) is 5.92 Å². The first-order chi connectivity index (χ1) is 16.9. The van der Waals surface area contributed by atoms with Gasteiger partial charge in [0, 0.05) is 49.5 Å². The summed E-state index contributed by atoms with van der Waals surface area (Å²) in [6.45, 7) is 3.70. The van der Waals surface area contributed by atoms with Crippen LogP contribution in [0.2, 0.25) is 0 Å². The number of hydrogen-bond acceptors (Lipinski definition) is 5. The van der Waals surface area contributed by atoms with Crippen LogP contribution in [0.1, 0.15) is 35.4 Å². The Morgan fingerprint density at radius 2 is 1.60 bits per heavy atom. The maximum atomic E-state index is 12.2. The lowest BCUT2D eigenvalue weighted by molar-refractivity contribution is 0.0380. The molecule has 0 radical (unpaired) electrons. The summed E-state index contributed by atoms with van der Waals surface area (Å²) in [5.74, 6) is 1.01. The van der Waals surface area contributed by atoms with Gasteiger partial charge in [-0.15, -0.1) is 0 Å². The topological polar surface area (TPSA) is 49.9 Å². The molecule has 184 valence electrons. The highest BCUT2D eigenvalue weighted by Gasteiger charge is 2.41. The molecule has 2 aliphatic heterocycles. The fourth-order valence-corrected chi connectivity index (χ4v) is 6.64. The van der Waals surface area contributed by atoms with E-state index in [1.54, 1.807) is 25.3 Å².